The van der Waals surface area contributed by atoms with Crippen LogP contribution in [0.1, 0.15) is 5.56 Å². The van der Waals surface area contributed by atoms with Gasteiger partial charge in [-0.3, -0.25) is 14.9 Å². The molecule has 0 saturated carbocycles. The number of anilines is 1. The van der Waals surface area contributed by atoms with E-state index in [1.165, 1.54) is 19.3 Å². The summed E-state index contributed by atoms with van der Waals surface area (Å²) in [6.45, 7) is 0. The number of phenols is 1. The van der Waals surface area contributed by atoms with Crippen molar-refractivity contribution in [3.8, 4) is 17.6 Å². The Morgan fingerprint density at radius 1 is 1.42 bits per heavy atom. The van der Waals surface area contributed by atoms with E-state index in [1.807, 2.05) is 0 Å². The third kappa shape index (κ3) is 4.17. The maximum atomic E-state index is 12.3. The van der Waals surface area contributed by atoms with Crippen LogP contribution in [0.3, 0.4) is 0 Å². The Morgan fingerprint density at radius 3 is 2.69 bits per heavy atom. The van der Waals surface area contributed by atoms with E-state index < -0.39 is 22.3 Å². The van der Waals surface area contributed by atoms with E-state index >= 15 is 0 Å². The Kier molecular flexibility index (Phi) is 5.93. The number of benzene rings is 2. The summed E-state index contributed by atoms with van der Waals surface area (Å²) in [5, 5.41) is 32.6. The summed E-state index contributed by atoms with van der Waals surface area (Å²) in [5.41, 5.74) is -0.250. The van der Waals surface area contributed by atoms with Crippen LogP contribution >= 0.6 is 15.9 Å². The van der Waals surface area contributed by atoms with Crippen LogP contribution in [0.25, 0.3) is 6.08 Å². The fourth-order valence-corrected chi connectivity index (χ4v) is 2.44. The molecule has 0 heterocycles. The lowest BCUT2D eigenvalue weighted by atomic mass is 10.1. The van der Waals surface area contributed by atoms with Crippen LogP contribution in [-0.2, 0) is 4.79 Å². The number of hydrogen-bond acceptors (Lipinski definition) is 6. The monoisotopic (exact) mass is 417 g/mol. The van der Waals surface area contributed by atoms with E-state index in [-0.39, 0.29) is 16.9 Å². The number of methoxy groups -OCH3 is 1. The quantitative estimate of drug-likeness (QED) is 0.331. The number of nitrogens with one attached hydrogen (secondary N) is 1. The summed E-state index contributed by atoms with van der Waals surface area (Å²) < 4.78 is 5.52. The van der Waals surface area contributed by atoms with Crippen LogP contribution in [0.15, 0.2) is 46.4 Å². The van der Waals surface area contributed by atoms with E-state index in [9.17, 15) is 25.3 Å². The van der Waals surface area contributed by atoms with Gasteiger partial charge in [0, 0.05) is 10.5 Å². The molecule has 8 nitrogen and oxygen atoms in total. The van der Waals surface area contributed by atoms with Gasteiger partial charge in [0.1, 0.15) is 11.6 Å². The van der Waals surface area contributed by atoms with Gasteiger partial charge < -0.3 is 15.2 Å². The van der Waals surface area contributed by atoms with Crippen LogP contribution < -0.4 is 10.1 Å². The number of para-hydroxylation sites is 1. The highest BCUT2D eigenvalue weighted by Crippen LogP contribution is 2.37. The van der Waals surface area contributed by atoms with Gasteiger partial charge in [0.05, 0.1) is 17.7 Å². The van der Waals surface area contributed by atoms with Crippen molar-refractivity contribution in [2.45, 2.75) is 0 Å². The van der Waals surface area contributed by atoms with Crippen molar-refractivity contribution in [3.63, 3.8) is 0 Å². The highest BCUT2D eigenvalue weighted by molar-refractivity contribution is 9.10. The minimum atomic E-state index is -0.789. The van der Waals surface area contributed by atoms with Gasteiger partial charge in [-0.25, -0.2) is 0 Å². The van der Waals surface area contributed by atoms with Crippen molar-refractivity contribution in [1.82, 2.24) is 0 Å². The van der Waals surface area contributed by atoms with Crippen molar-refractivity contribution in [2.75, 3.05) is 12.4 Å². The fraction of sp³-hybridized carbons (Fsp3) is 0.0588. The Morgan fingerprint density at radius 2 is 2.12 bits per heavy atom. The zero-order valence-electron chi connectivity index (χ0n) is 13.4. The highest BCUT2D eigenvalue weighted by atomic mass is 79.9. The lowest BCUT2D eigenvalue weighted by Gasteiger charge is -2.07. The van der Waals surface area contributed by atoms with Gasteiger partial charge in [-0.2, -0.15) is 5.26 Å². The Balaban J connectivity index is 2.41. The summed E-state index contributed by atoms with van der Waals surface area (Å²) in [4.78, 5) is 22.5. The molecule has 0 saturated heterocycles. The lowest BCUT2D eigenvalue weighted by Crippen LogP contribution is -2.13. The molecule has 0 fully saturated rings. The first kappa shape index (κ1) is 19.0. The number of hydrogen-bond donors (Lipinski definition) is 2. The minimum Gasteiger partial charge on any atom is -0.500 e. The zero-order valence-corrected chi connectivity index (χ0v) is 15.0. The van der Waals surface area contributed by atoms with Crippen LogP contribution in [0, 0.1) is 21.4 Å². The number of nitro groups is 1. The molecule has 2 aromatic carbocycles. The molecule has 1 amide bonds. The van der Waals surface area contributed by atoms with Crippen molar-refractivity contribution in [3.05, 3.63) is 62.1 Å². The molecule has 0 aromatic heterocycles. The predicted octanol–water partition coefficient (Wildman–Crippen LogP) is 3.62. The smallest absolute Gasteiger partial charge is 0.315 e. The van der Waals surface area contributed by atoms with Crippen LogP contribution in [0.4, 0.5) is 11.4 Å². The summed E-state index contributed by atoms with van der Waals surface area (Å²) in [6.07, 6.45) is 1.17. The largest absolute Gasteiger partial charge is 0.500 e. The number of nitriles is 1. The van der Waals surface area contributed by atoms with Crippen LogP contribution in [0.2, 0.25) is 0 Å². The SMILES string of the molecule is COc1cc(C=C(C#N)C(=O)Nc2ccccc2Br)cc([N+](=O)[O-])c1O. The van der Waals surface area contributed by atoms with Gasteiger partial charge in [0.25, 0.3) is 5.91 Å². The number of phenolic OH excluding ortho intramolecular Hbond substituents is 1. The topological polar surface area (TPSA) is 125 Å². The van der Waals surface area contributed by atoms with Gasteiger partial charge in [0.15, 0.2) is 5.75 Å². The fourth-order valence-electron chi connectivity index (χ4n) is 2.06. The lowest BCUT2D eigenvalue weighted by molar-refractivity contribution is -0.386. The third-order valence-electron chi connectivity index (χ3n) is 3.29. The number of aromatic hydroxyl groups is 1. The van der Waals surface area contributed by atoms with Crippen molar-refractivity contribution in [2.24, 2.45) is 0 Å². The van der Waals surface area contributed by atoms with Crippen LogP contribution in [-0.4, -0.2) is 23.0 Å². The molecule has 0 unspecified atom stereocenters. The second-order valence-electron chi connectivity index (χ2n) is 4.95. The molecule has 132 valence electrons. The molecule has 0 aliphatic heterocycles. The maximum Gasteiger partial charge on any atom is 0.315 e. The molecule has 2 rings (SSSR count). The van der Waals surface area contributed by atoms with Gasteiger partial charge >= 0.3 is 5.69 Å². The number of halogens is 1. The van der Waals surface area contributed by atoms with E-state index in [1.54, 1.807) is 30.3 Å². The van der Waals surface area contributed by atoms with Gasteiger partial charge in [0.2, 0.25) is 5.75 Å². The van der Waals surface area contributed by atoms with Gasteiger partial charge in [-0.05, 0) is 45.8 Å². The first-order valence-corrected chi connectivity index (χ1v) is 7.89. The second-order valence-corrected chi connectivity index (χ2v) is 5.81. The van der Waals surface area contributed by atoms with Crippen LogP contribution in [0.5, 0.6) is 11.5 Å². The molecule has 26 heavy (non-hydrogen) atoms. The number of nitro benzene ring substituents is 1. The first-order chi connectivity index (χ1) is 12.4. The van der Waals surface area contributed by atoms with E-state index in [0.717, 1.165) is 6.07 Å². The molecule has 0 aliphatic rings. The molecule has 2 aromatic rings. The molecule has 0 atom stereocenters. The maximum absolute atomic E-state index is 12.3. The average Bonchev–Trinajstić information content (AvgIpc) is 2.62. The van der Waals surface area contributed by atoms with E-state index in [2.05, 4.69) is 21.2 Å². The molecular formula is C17H12BrN3O5. The summed E-state index contributed by atoms with van der Waals surface area (Å²) in [7, 11) is 1.23. The van der Waals surface area contributed by atoms with Crippen molar-refractivity contribution >= 4 is 39.3 Å². The standard InChI is InChI=1S/C17H12BrN3O5/c1-26-15-8-10(7-14(16(15)22)21(24)25)6-11(9-19)17(23)20-13-5-3-2-4-12(13)18/h2-8,22H,1H3,(H,20,23). The molecule has 0 spiro atoms. The molecular weight excluding hydrogens is 406 g/mol. The molecule has 0 radical (unpaired) electrons. The van der Waals surface area contributed by atoms with Gasteiger partial charge in [-0.15, -0.1) is 0 Å². The first-order valence-electron chi connectivity index (χ1n) is 7.10. The summed E-state index contributed by atoms with van der Waals surface area (Å²) in [5.74, 6) is -1.46. The normalized spacial score (nSPS) is 10.7. The predicted molar refractivity (Wildman–Crippen MR) is 97.7 cm³/mol. The zero-order chi connectivity index (χ0) is 19.3. The van der Waals surface area contributed by atoms with Crippen molar-refractivity contribution < 1.29 is 19.6 Å². The summed E-state index contributed by atoms with van der Waals surface area (Å²) in [6, 6.07) is 10.9. The number of nitrogens with zero attached hydrogens (tertiary/aromatic N) is 2. The minimum absolute atomic E-state index is 0.144. The van der Waals surface area contributed by atoms with Gasteiger partial charge in [-0.1, -0.05) is 12.1 Å². The molecule has 0 bridgehead atoms. The number of ether oxygens (including phenoxy) is 1. The Hall–Kier alpha value is -3.38. The van der Waals surface area contributed by atoms with E-state index in [4.69, 9.17) is 4.74 Å². The molecule has 0 aliphatic carbocycles. The Labute approximate surface area is 156 Å². The van der Waals surface area contributed by atoms with Crippen molar-refractivity contribution in [1.29, 1.82) is 5.26 Å². The number of amides is 1. The molecule has 9 heteroatoms. The number of rotatable bonds is 5. The Bertz CT molecular complexity index is 950. The van der Waals surface area contributed by atoms with E-state index in [0.29, 0.717) is 10.2 Å². The highest BCUT2D eigenvalue weighted by Gasteiger charge is 2.20. The second kappa shape index (κ2) is 8.13. The average molecular weight is 418 g/mol. The number of carbonyl (C=O) groups is 1. The third-order valence-corrected chi connectivity index (χ3v) is 3.98. The summed E-state index contributed by atoms with van der Waals surface area (Å²) >= 11 is 3.28. The number of carbonyl (C=O) groups excluding carboxylic acids is 1. The molecule has 2 N–H and O–H groups in total.